The second-order valence-electron chi connectivity index (χ2n) is 5.35. The zero-order valence-electron chi connectivity index (χ0n) is 11.4. The summed E-state index contributed by atoms with van der Waals surface area (Å²) in [5.74, 6) is 0. The van der Waals surface area contributed by atoms with Gasteiger partial charge in [0.2, 0.25) is 0 Å². The Morgan fingerprint density at radius 2 is 2.24 bits per heavy atom. The van der Waals surface area contributed by atoms with E-state index in [0.29, 0.717) is 12.1 Å². The molecule has 2 unspecified atom stereocenters. The number of aromatic nitrogens is 2. The minimum absolute atomic E-state index is 0.654. The lowest BCUT2D eigenvalue weighted by Crippen LogP contribution is -2.45. The predicted molar refractivity (Wildman–Crippen MR) is 69.9 cm³/mol. The van der Waals surface area contributed by atoms with Crippen molar-refractivity contribution in [3.8, 4) is 0 Å². The summed E-state index contributed by atoms with van der Waals surface area (Å²) < 4.78 is 1.89. The van der Waals surface area contributed by atoms with Crippen LogP contribution in [-0.2, 0) is 13.6 Å². The summed E-state index contributed by atoms with van der Waals surface area (Å²) >= 11 is 0. The Labute approximate surface area is 104 Å². The monoisotopic (exact) mass is 236 g/mol. The first kappa shape index (κ1) is 12.6. The standard InChI is InChI=1S/C13H24N4/c1-10-7-13(5-6-16(10)3)14-8-12-9-17(4)15-11(12)2/h9-10,13-14H,5-8H2,1-4H3. The van der Waals surface area contributed by atoms with Gasteiger partial charge in [-0.15, -0.1) is 0 Å². The molecule has 0 aromatic carbocycles. The van der Waals surface area contributed by atoms with Gasteiger partial charge in [0.15, 0.2) is 0 Å². The van der Waals surface area contributed by atoms with Crippen LogP contribution in [0.5, 0.6) is 0 Å². The maximum absolute atomic E-state index is 4.37. The van der Waals surface area contributed by atoms with E-state index in [-0.39, 0.29) is 0 Å². The molecule has 0 saturated carbocycles. The van der Waals surface area contributed by atoms with Crippen molar-refractivity contribution < 1.29 is 0 Å². The van der Waals surface area contributed by atoms with Crippen LogP contribution in [0.15, 0.2) is 6.20 Å². The zero-order valence-corrected chi connectivity index (χ0v) is 11.4. The molecule has 1 saturated heterocycles. The maximum atomic E-state index is 4.37. The summed E-state index contributed by atoms with van der Waals surface area (Å²) in [6, 6.07) is 1.34. The molecule has 0 spiro atoms. The molecule has 1 fully saturated rings. The van der Waals surface area contributed by atoms with Gasteiger partial charge in [-0.25, -0.2) is 0 Å². The molecule has 0 aliphatic carbocycles. The van der Waals surface area contributed by atoms with Gasteiger partial charge < -0.3 is 10.2 Å². The summed E-state index contributed by atoms with van der Waals surface area (Å²) in [5.41, 5.74) is 2.46. The second-order valence-corrected chi connectivity index (χ2v) is 5.35. The molecule has 1 N–H and O–H groups in total. The van der Waals surface area contributed by atoms with Crippen LogP contribution in [0.1, 0.15) is 31.0 Å². The van der Waals surface area contributed by atoms with Gasteiger partial charge in [0, 0.05) is 37.4 Å². The summed E-state index contributed by atoms with van der Waals surface area (Å²) in [5, 5.41) is 8.03. The van der Waals surface area contributed by atoms with Gasteiger partial charge >= 0.3 is 0 Å². The molecule has 0 amide bonds. The van der Waals surface area contributed by atoms with E-state index < -0.39 is 0 Å². The van der Waals surface area contributed by atoms with Crippen molar-refractivity contribution in [2.75, 3.05) is 13.6 Å². The molecule has 2 atom stereocenters. The second kappa shape index (κ2) is 5.19. The number of rotatable bonds is 3. The normalized spacial score (nSPS) is 26.4. The Hall–Kier alpha value is -0.870. The van der Waals surface area contributed by atoms with Crippen LogP contribution >= 0.6 is 0 Å². The van der Waals surface area contributed by atoms with E-state index in [1.54, 1.807) is 0 Å². The van der Waals surface area contributed by atoms with Crippen LogP contribution < -0.4 is 5.32 Å². The molecule has 1 aliphatic rings. The van der Waals surface area contributed by atoms with E-state index in [0.717, 1.165) is 12.2 Å². The number of likely N-dealkylation sites (tertiary alicyclic amines) is 1. The van der Waals surface area contributed by atoms with Gasteiger partial charge in [0.1, 0.15) is 0 Å². The number of nitrogens with zero attached hydrogens (tertiary/aromatic N) is 3. The van der Waals surface area contributed by atoms with E-state index in [9.17, 15) is 0 Å². The third-order valence-electron chi connectivity index (χ3n) is 3.90. The smallest absolute Gasteiger partial charge is 0.0638 e. The van der Waals surface area contributed by atoms with Gasteiger partial charge in [-0.05, 0) is 40.3 Å². The molecule has 0 bridgehead atoms. The minimum atomic E-state index is 0.654. The molecule has 1 aliphatic heterocycles. The molecule has 1 aromatic rings. The predicted octanol–water partition coefficient (Wildman–Crippen LogP) is 1.30. The number of hydrogen-bond donors (Lipinski definition) is 1. The van der Waals surface area contributed by atoms with E-state index in [1.807, 2.05) is 11.7 Å². The third-order valence-corrected chi connectivity index (χ3v) is 3.90. The topological polar surface area (TPSA) is 33.1 Å². The summed E-state index contributed by atoms with van der Waals surface area (Å²) in [6.45, 7) is 6.53. The lowest BCUT2D eigenvalue weighted by molar-refractivity contribution is 0.168. The zero-order chi connectivity index (χ0) is 12.4. The highest BCUT2D eigenvalue weighted by atomic mass is 15.3. The number of aryl methyl sites for hydroxylation is 2. The van der Waals surface area contributed by atoms with Gasteiger partial charge in [-0.2, -0.15) is 5.10 Å². The average Bonchev–Trinajstić information content (AvgIpc) is 2.59. The maximum Gasteiger partial charge on any atom is 0.0638 e. The Morgan fingerprint density at radius 1 is 1.47 bits per heavy atom. The van der Waals surface area contributed by atoms with Gasteiger partial charge in [0.05, 0.1) is 5.69 Å². The third kappa shape index (κ3) is 3.07. The van der Waals surface area contributed by atoms with Gasteiger partial charge in [-0.1, -0.05) is 0 Å². The van der Waals surface area contributed by atoms with Crippen molar-refractivity contribution in [3.05, 3.63) is 17.5 Å². The van der Waals surface area contributed by atoms with Crippen molar-refractivity contribution in [2.24, 2.45) is 7.05 Å². The van der Waals surface area contributed by atoms with E-state index in [4.69, 9.17) is 0 Å². The van der Waals surface area contributed by atoms with Crippen LogP contribution in [0.2, 0.25) is 0 Å². The average molecular weight is 236 g/mol. The highest BCUT2D eigenvalue weighted by Gasteiger charge is 2.22. The Bertz CT molecular complexity index is 371. The van der Waals surface area contributed by atoms with E-state index in [1.165, 1.54) is 24.9 Å². The van der Waals surface area contributed by atoms with Crippen LogP contribution in [0.25, 0.3) is 0 Å². The Kier molecular flexibility index (Phi) is 3.84. The van der Waals surface area contributed by atoms with Crippen LogP contribution in [0.3, 0.4) is 0 Å². The van der Waals surface area contributed by atoms with Crippen LogP contribution in [0.4, 0.5) is 0 Å². The van der Waals surface area contributed by atoms with Crippen molar-refractivity contribution in [2.45, 2.75) is 45.3 Å². The summed E-state index contributed by atoms with van der Waals surface area (Å²) in [6.07, 6.45) is 4.61. The minimum Gasteiger partial charge on any atom is -0.310 e. The molecular weight excluding hydrogens is 212 g/mol. The molecule has 4 nitrogen and oxygen atoms in total. The lowest BCUT2D eigenvalue weighted by Gasteiger charge is -2.35. The fourth-order valence-electron chi connectivity index (χ4n) is 2.55. The molecule has 2 heterocycles. The van der Waals surface area contributed by atoms with E-state index >= 15 is 0 Å². The van der Waals surface area contributed by atoms with Crippen molar-refractivity contribution in [1.82, 2.24) is 20.0 Å². The Balaban J connectivity index is 1.84. The van der Waals surface area contributed by atoms with Gasteiger partial charge in [0.25, 0.3) is 0 Å². The first-order valence-corrected chi connectivity index (χ1v) is 6.49. The van der Waals surface area contributed by atoms with E-state index in [2.05, 4.69) is 42.4 Å². The number of nitrogens with one attached hydrogen (secondary N) is 1. The SMILES string of the molecule is Cc1nn(C)cc1CNC1CCN(C)C(C)C1. The first-order valence-electron chi connectivity index (χ1n) is 6.49. The Morgan fingerprint density at radius 3 is 2.82 bits per heavy atom. The summed E-state index contributed by atoms with van der Waals surface area (Å²) in [4.78, 5) is 2.44. The molecule has 1 aromatic heterocycles. The van der Waals surface area contributed by atoms with Crippen LogP contribution in [0, 0.1) is 6.92 Å². The number of hydrogen-bond acceptors (Lipinski definition) is 3. The molecule has 17 heavy (non-hydrogen) atoms. The van der Waals surface area contributed by atoms with Crippen LogP contribution in [-0.4, -0.2) is 40.4 Å². The lowest BCUT2D eigenvalue weighted by atomic mass is 9.99. The van der Waals surface area contributed by atoms with Crippen molar-refractivity contribution in [3.63, 3.8) is 0 Å². The largest absolute Gasteiger partial charge is 0.310 e. The number of piperidine rings is 1. The quantitative estimate of drug-likeness (QED) is 0.859. The fraction of sp³-hybridized carbons (Fsp3) is 0.769. The fourth-order valence-corrected chi connectivity index (χ4v) is 2.55. The molecule has 0 radical (unpaired) electrons. The molecule has 4 heteroatoms. The van der Waals surface area contributed by atoms with Gasteiger partial charge in [-0.3, -0.25) is 4.68 Å². The highest BCUT2D eigenvalue weighted by Crippen LogP contribution is 2.16. The molecular formula is C13H24N4. The van der Waals surface area contributed by atoms with Crippen molar-refractivity contribution >= 4 is 0 Å². The summed E-state index contributed by atoms with van der Waals surface area (Å²) in [7, 11) is 4.19. The molecule has 2 rings (SSSR count). The molecule has 96 valence electrons. The first-order chi connectivity index (χ1) is 8.06. The highest BCUT2D eigenvalue weighted by molar-refractivity contribution is 5.14. The van der Waals surface area contributed by atoms with Crippen molar-refractivity contribution in [1.29, 1.82) is 0 Å².